The monoisotopic (exact) mass is 283 g/mol. The summed E-state index contributed by atoms with van der Waals surface area (Å²) in [5.41, 5.74) is 7.62. The molecule has 0 spiro atoms. The maximum atomic E-state index is 11.4. The molecule has 2 N–H and O–H groups in total. The van der Waals surface area contributed by atoms with Gasteiger partial charge in [-0.3, -0.25) is 14.7 Å². The Labute approximate surface area is 125 Å². The number of hydrogen-bond donors (Lipinski definition) is 1. The highest BCUT2D eigenvalue weighted by molar-refractivity contribution is 5.81. The normalized spacial score (nSPS) is 15.9. The maximum Gasteiger partial charge on any atom is 0.231 e. The van der Waals surface area contributed by atoms with Crippen LogP contribution in [-0.4, -0.2) is 28.4 Å². The van der Waals surface area contributed by atoms with Crippen LogP contribution in [0, 0.1) is 0 Å². The Morgan fingerprint density at radius 2 is 2.00 bits per heavy atom. The number of amides is 1. The van der Waals surface area contributed by atoms with E-state index in [0.717, 1.165) is 30.3 Å². The minimum Gasteiger partial charge on any atom is -0.369 e. The topological polar surface area (TPSA) is 59.2 Å². The molecular formula is C17H21N3O. The van der Waals surface area contributed by atoms with Gasteiger partial charge in [-0.2, -0.15) is 0 Å². The Morgan fingerprint density at radius 1 is 1.24 bits per heavy atom. The molecule has 0 bridgehead atoms. The van der Waals surface area contributed by atoms with Crippen LogP contribution in [0.5, 0.6) is 0 Å². The molecule has 110 valence electrons. The third-order valence-electron chi connectivity index (χ3n) is 4.29. The van der Waals surface area contributed by atoms with Gasteiger partial charge >= 0.3 is 0 Å². The van der Waals surface area contributed by atoms with Gasteiger partial charge < -0.3 is 5.73 Å². The van der Waals surface area contributed by atoms with E-state index in [9.17, 15) is 4.79 Å². The van der Waals surface area contributed by atoms with Crippen LogP contribution in [0.2, 0.25) is 0 Å². The molecule has 1 saturated carbocycles. The number of nitrogens with two attached hydrogens (primary N) is 1. The summed E-state index contributed by atoms with van der Waals surface area (Å²) in [6, 6.07) is 10.7. The third-order valence-corrected chi connectivity index (χ3v) is 4.29. The van der Waals surface area contributed by atoms with Crippen LogP contribution in [-0.2, 0) is 11.3 Å². The second kappa shape index (κ2) is 6.22. The molecule has 0 radical (unpaired) electrons. The highest BCUT2D eigenvalue weighted by Crippen LogP contribution is 2.26. The number of pyridine rings is 1. The van der Waals surface area contributed by atoms with Crippen LogP contribution in [0.15, 0.2) is 36.5 Å². The van der Waals surface area contributed by atoms with Gasteiger partial charge in [-0.25, -0.2) is 0 Å². The number of hydrogen-bond acceptors (Lipinski definition) is 3. The first-order valence-electron chi connectivity index (χ1n) is 7.59. The van der Waals surface area contributed by atoms with Crippen LogP contribution < -0.4 is 5.73 Å². The number of carbonyl (C=O) groups excluding carboxylic acids is 1. The fourth-order valence-electron chi connectivity index (χ4n) is 3.30. The van der Waals surface area contributed by atoms with E-state index < -0.39 is 0 Å². The molecule has 1 aliphatic rings. The molecule has 1 aromatic carbocycles. The predicted octanol–water partition coefficient (Wildman–Crippen LogP) is 2.46. The van der Waals surface area contributed by atoms with Gasteiger partial charge in [0.05, 0.1) is 12.1 Å². The number of nitrogens with zero attached hydrogens (tertiary/aromatic N) is 2. The summed E-state index contributed by atoms with van der Waals surface area (Å²) in [6.07, 6.45) is 6.62. The average molecular weight is 283 g/mol. The van der Waals surface area contributed by atoms with Crippen molar-refractivity contribution in [2.75, 3.05) is 6.54 Å². The number of benzene rings is 1. The van der Waals surface area contributed by atoms with Gasteiger partial charge in [0.1, 0.15) is 0 Å². The third kappa shape index (κ3) is 3.22. The Bertz CT molecular complexity index is 629. The number of aromatic nitrogens is 1. The van der Waals surface area contributed by atoms with Crippen molar-refractivity contribution >= 4 is 16.8 Å². The Hall–Kier alpha value is -1.94. The molecule has 2 aromatic rings. The molecule has 0 unspecified atom stereocenters. The molecular weight excluding hydrogens is 262 g/mol. The van der Waals surface area contributed by atoms with Crippen LogP contribution in [0.3, 0.4) is 0 Å². The van der Waals surface area contributed by atoms with Crippen LogP contribution >= 0.6 is 0 Å². The average Bonchev–Trinajstić information content (AvgIpc) is 3.01. The molecule has 0 atom stereocenters. The van der Waals surface area contributed by atoms with E-state index in [0.29, 0.717) is 12.6 Å². The molecule has 1 fully saturated rings. The fraction of sp³-hybridized carbons (Fsp3) is 0.412. The summed E-state index contributed by atoms with van der Waals surface area (Å²) in [4.78, 5) is 18.1. The van der Waals surface area contributed by atoms with Gasteiger partial charge in [0.15, 0.2) is 0 Å². The number of para-hydroxylation sites is 1. The molecule has 3 rings (SSSR count). The minimum atomic E-state index is -0.255. The quantitative estimate of drug-likeness (QED) is 0.917. The highest BCUT2D eigenvalue weighted by atomic mass is 16.1. The lowest BCUT2D eigenvalue weighted by atomic mass is 10.1. The molecule has 1 aromatic heterocycles. The van der Waals surface area contributed by atoms with Gasteiger partial charge in [-0.1, -0.05) is 37.1 Å². The van der Waals surface area contributed by atoms with E-state index in [-0.39, 0.29) is 5.91 Å². The molecule has 0 saturated heterocycles. The first-order chi connectivity index (χ1) is 10.2. The van der Waals surface area contributed by atoms with E-state index in [1.54, 1.807) is 0 Å². The van der Waals surface area contributed by atoms with Gasteiger partial charge in [0.2, 0.25) is 5.91 Å². The van der Waals surface area contributed by atoms with Crippen LogP contribution in [0.4, 0.5) is 0 Å². The summed E-state index contributed by atoms with van der Waals surface area (Å²) < 4.78 is 0. The van der Waals surface area contributed by atoms with E-state index >= 15 is 0 Å². The largest absolute Gasteiger partial charge is 0.369 e. The Morgan fingerprint density at radius 3 is 2.76 bits per heavy atom. The van der Waals surface area contributed by atoms with E-state index in [1.165, 1.54) is 18.4 Å². The van der Waals surface area contributed by atoms with Crippen molar-refractivity contribution in [3.05, 3.63) is 42.1 Å². The molecule has 4 heteroatoms. The van der Waals surface area contributed by atoms with Crippen molar-refractivity contribution in [1.82, 2.24) is 9.88 Å². The number of rotatable bonds is 5. The lowest BCUT2D eigenvalue weighted by molar-refractivity contribution is -0.119. The zero-order valence-electron chi connectivity index (χ0n) is 12.2. The van der Waals surface area contributed by atoms with Crippen molar-refractivity contribution < 1.29 is 4.79 Å². The Kier molecular flexibility index (Phi) is 4.15. The van der Waals surface area contributed by atoms with Crippen LogP contribution in [0.1, 0.15) is 31.2 Å². The number of carbonyl (C=O) groups is 1. The summed E-state index contributed by atoms with van der Waals surface area (Å²) >= 11 is 0. The van der Waals surface area contributed by atoms with Gasteiger partial charge in [-0.15, -0.1) is 0 Å². The predicted molar refractivity (Wildman–Crippen MR) is 83.6 cm³/mol. The maximum absolute atomic E-state index is 11.4. The van der Waals surface area contributed by atoms with E-state index in [2.05, 4.69) is 34.1 Å². The zero-order valence-corrected chi connectivity index (χ0v) is 12.2. The second-order valence-corrected chi connectivity index (χ2v) is 5.80. The van der Waals surface area contributed by atoms with Crippen molar-refractivity contribution in [3.63, 3.8) is 0 Å². The van der Waals surface area contributed by atoms with Crippen molar-refractivity contribution in [1.29, 1.82) is 0 Å². The number of primary amides is 1. The van der Waals surface area contributed by atoms with E-state index in [1.807, 2.05) is 12.3 Å². The summed E-state index contributed by atoms with van der Waals surface area (Å²) in [5, 5.41) is 1.14. The SMILES string of the molecule is NC(=O)CN(Cc1cccc2cccnc12)C1CCCC1. The number of fused-ring (bicyclic) bond motifs is 1. The first kappa shape index (κ1) is 14.0. The molecule has 4 nitrogen and oxygen atoms in total. The molecule has 21 heavy (non-hydrogen) atoms. The van der Waals surface area contributed by atoms with Crippen molar-refractivity contribution in [3.8, 4) is 0 Å². The highest BCUT2D eigenvalue weighted by Gasteiger charge is 2.24. The summed E-state index contributed by atoms with van der Waals surface area (Å²) in [6.45, 7) is 1.07. The standard InChI is InChI=1S/C17H21N3O/c18-16(21)12-20(15-8-1-2-9-15)11-14-6-3-5-13-7-4-10-19-17(13)14/h3-7,10,15H,1-2,8-9,11-12H2,(H2,18,21). The van der Waals surface area contributed by atoms with Crippen LogP contribution in [0.25, 0.3) is 10.9 Å². The lowest BCUT2D eigenvalue weighted by Crippen LogP contribution is -2.39. The smallest absolute Gasteiger partial charge is 0.231 e. The molecule has 1 heterocycles. The van der Waals surface area contributed by atoms with E-state index in [4.69, 9.17) is 5.73 Å². The Balaban J connectivity index is 1.88. The van der Waals surface area contributed by atoms with Crippen molar-refractivity contribution in [2.24, 2.45) is 5.73 Å². The fourth-order valence-corrected chi connectivity index (χ4v) is 3.30. The van der Waals surface area contributed by atoms with Gasteiger partial charge in [0, 0.05) is 24.2 Å². The lowest BCUT2D eigenvalue weighted by Gasteiger charge is -2.27. The first-order valence-corrected chi connectivity index (χ1v) is 7.59. The summed E-state index contributed by atoms with van der Waals surface area (Å²) in [5.74, 6) is -0.255. The minimum absolute atomic E-state index is 0.255. The van der Waals surface area contributed by atoms with Gasteiger partial charge in [-0.05, 0) is 24.5 Å². The summed E-state index contributed by atoms with van der Waals surface area (Å²) in [7, 11) is 0. The zero-order chi connectivity index (χ0) is 14.7. The molecule has 1 amide bonds. The molecule has 1 aliphatic carbocycles. The molecule has 0 aliphatic heterocycles. The second-order valence-electron chi connectivity index (χ2n) is 5.80. The van der Waals surface area contributed by atoms with Gasteiger partial charge in [0.25, 0.3) is 0 Å². The van der Waals surface area contributed by atoms with Crippen molar-refractivity contribution in [2.45, 2.75) is 38.3 Å².